The SMILES string of the molecule is CC(C)CO.CC(C)N1CC[C@@H](O)C1.CC(C)N1CC[C@H](O)C1.CC(C)n1ccnc1. The maximum absolute atomic E-state index is 9.11. The highest BCUT2D eigenvalue weighted by Crippen LogP contribution is 2.12. The van der Waals surface area contributed by atoms with Crippen LogP contribution in [0.3, 0.4) is 0 Å². The van der Waals surface area contributed by atoms with Gasteiger partial charge >= 0.3 is 0 Å². The maximum atomic E-state index is 9.11. The molecule has 3 N–H and O–H groups in total. The van der Waals surface area contributed by atoms with Crippen molar-refractivity contribution in [2.75, 3.05) is 32.8 Å². The third-order valence-electron chi connectivity index (χ3n) is 5.34. The van der Waals surface area contributed by atoms with Crippen molar-refractivity contribution >= 4 is 0 Å². The van der Waals surface area contributed by atoms with Crippen LogP contribution in [0.15, 0.2) is 18.7 Å². The van der Waals surface area contributed by atoms with Crippen LogP contribution in [0.1, 0.15) is 74.3 Å². The van der Waals surface area contributed by atoms with Gasteiger partial charge in [0.2, 0.25) is 0 Å². The van der Waals surface area contributed by atoms with E-state index in [-0.39, 0.29) is 12.2 Å². The Hall–Kier alpha value is -0.990. The summed E-state index contributed by atoms with van der Waals surface area (Å²) in [6.07, 6.45) is 7.37. The molecule has 0 aliphatic carbocycles. The Morgan fingerprint density at radius 1 is 0.806 bits per heavy atom. The fraction of sp³-hybridized carbons (Fsp3) is 0.875. The van der Waals surface area contributed by atoms with Crippen molar-refractivity contribution in [1.29, 1.82) is 0 Å². The van der Waals surface area contributed by atoms with Crippen LogP contribution in [0.5, 0.6) is 0 Å². The molecule has 31 heavy (non-hydrogen) atoms. The van der Waals surface area contributed by atoms with Crippen LogP contribution >= 0.6 is 0 Å². The zero-order valence-electron chi connectivity index (χ0n) is 21.3. The highest BCUT2D eigenvalue weighted by atomic mass is 16.3. The fourth-order valence-electron chi connectivity index (χ4n) is 3.05. The number of nitrogens with zero attached hydrogens (tertiary/aromatic N) is 4. The van der Waals surface area contributed by atoms with Gasteiger partial charge in [-0.25, -0.2) is 4.98 Å². The first-order valence-electron chi connectivity index (χ1n) is 11.9. The van der Waals surface area contributed by atoms with Gasteiger partial charge in [0, 0.05) is 63.3 Å². The van der Waals surface area contributed by atoms with E-state index < -0.39 is 0 Å². The fourth-order valence-corrected chi connectivity index (χ4v) is 3.05. The summed E-state index contributed by atoms with van der Waals surface area (Å²) in [6, 6.07) is 1.74. The van der Waals surface area contributed by atoms with E-state index >= 15 is 0 Å². The molecule has 0 saturated carbocycles. The second-order valence-corrected chi connectivity index (χ2v) is 9.74. The molecule has 2 aliphatic rings. The van der Waals surface area contributed by atoms with Crippen LogP contribution in [-0.4, -0.2) is 91.7 Å². The number of rotatable bonds is 4. The minimum Gasteiger partial charge on any atom is -0.396 e. The topological polar surface area (TPSA) is 85.0 Å². The van der Waals surface area contributed by atoms with Gasteiger partial charge in [0.15, 0.2) is 0 Å². The zero-order chi connectivity index (χ0) is 24.0. The van der Waals surface area contributed by atoms with Crippen molar-refractivity contribution in [3.05, 3.63) is 18.7 Å². The molecule has 0 amide bonds. The summed E-state index contributed by atoms with van der Waals surface area (Å²) >= 11 is 0. The highest BCUT2D eigenvalue weighted by molar-refractivity contribution is 4.77. The molecule has 7 nitrogen and oxygen atoms in total. The second kappa shape index (κ2) is 16.6. The summed E-state index contributed by atoms with van der Waals surface area (Å²) < 4.78 is 2.06. The first-order valence-corrected chi connectivity index (χ1v) is 11.9. The maximum Gasteiger partial charge on any atom is 0.0948 e. The third kappa shape index (κ3) is 14.6. The monoisotopic (exact) mass is 442 g/mol. The Kier molecular flexibility index (Phi) is 16.1. The Morgan fingerprint density at radius 2 is 1.23 bits per heavy atom. The van der Waals surface area contributed by atoms with Gasteiger partial charge in [-0.1, -0.05) is 13.8 Å². The molecular formula is C24H50N4O3. The highest BCUT2D eigenvalue weighted by Gasteiger charge is 2.22. The molecule has 0 spiro atoms. The minimum atomic E-state index is -0.0626. The zero-order valence-corrected chi connectivity index (χ0v) is 21.3. The Balaban J connectivity index is 0.000000396. The average Bonchev–Trinajstić information content (AvgIpc) is 3.44. The van der Waals surface area contributed by atoms with E-state index in [4.69, 9.17) is 15.3 Å². The van der Waals surface area contributed by atoms with Crippen LogP contribution in [0, 0.1) is 5.92 Å². The van der Waals surface area contributed by atoms with E-state index in [1.54, 1.807) is 6.20 Å². The molecule has 2 atom stereocenters. The van der Waals surface area contributed by atoms with Gasteiger partial charge in [-0.2, -0.15) is 0 Å². The summed E-state index contributed by atoms with van der Waals surface area (Å²) in [6.45, 7) is 21.0. The van der Waals surface area contributed by atoms with Crippen LogP contribution < -0.4 is 0 Å². The molecule has 1 aromatic heterocycles. The van der Waals surface area contributed by atoms with E-state index in [0.29, 0.717) is 30.7 Å². The van der Waals surface area contributed by atoms with Crippen LogP contribution in [-0.2, 0) is 0 Å². The van der Waals surface area contributed by atoms with Gasteiger partial charge in [0.1, 0.15) is 0 Å². The lowest BCUT2D eigenvalue weighted by molar-refractivity contribution is 0.166. The quantitative estimate of drug-likeness (QED) is 0.665. The van der Waals surface area contributed by atoms with Crippen molar-refractivity contribution in [3.8, 4) is 0 Å². The van der Waals surface area contributed by atoms with Gasteiger partial charge in [-0.15, -0.1) is 0 Å². The van der Waals surface area contributed by atoms with Gasteiger partial charge < -0.3 is 19.9 Å². The molecule has 3 heterocycles. The van der Waals surface area contributed by atoms with Crippen LogP contribution in [0.4, 0.5) is 0 Å². The van der Waals surface area contributed by atoms with Crippen molar-refractivity contribution in [3.63, 3.8) is 0 Å². The van der Waals surface area contributed by atoms with Crippen molar-refractivity contribution in [2.45, 2.75) is 98.6 Å². The molecule has 2 aliphatic heterocycles. The normalized spacial score (nSPS) is 21.6. The lowest BCUT2D eigenvalue weighted by Crippen LogP contribution is -2.28. The number of β-amino-alcohol motifs (C(OH)–C–C–N with tert-alkyl or cyclic N) is 2. The molecule has 2 saturated heterocycles. The average molecular weight is 443 g/mol. The van der Waals surface area contributed by atoms with Crippen molar-refractivity contribution < 1.29 is 15.3 Å². The van der Waals surface area contributed by atoms with E-state index in [1.165, 1.54) is 0 Å². The van der Waals surface area contributed by atoms with Crippen LogP contribution in [0.25, 0.3) is 0 Å². The number of aliphatic hydroxyl groups is 3. The molecule has 0 bridgehead atoms. The summed E-state index contributed by atoms with van der Waals surface area (Å²) in [7, 11) is 0. The van der Waals surface area contributed by atoms with Gasteiger partial charge in [-0.3, -0.25) is 9.80 Å². The Labute approximate surface area is 191 Å². The van der Waals surface area contributed by atoms with Crippen molar-refractivity contribution in [1.82, 2.24) is 19.4 Å². The van der Waals surface area contributed by atoms with E-state index in [0.717, 1.165) is 39.0 Å². The number of imidazole rings is 1. The first-order chi connectivity index (χ1) is 14.5. The second-order valence-electron chi connectivity index (χ2n) is 9.74. The summed E-state index contributed by atoms with van der Waals surface area (Å²) in [5.41, 5.74) is 0. The molecule has 0 aromatic carbocycles. The molecule has 2 fully saturated rings. The summed E-state index contributed by atoms with van der Waals surface area (Å²) in [5, 5.41) is 26.4. The Morgan fingerprint density at radius 3 is 1.35 bits per heavy atom. The number of hydrogen-bond donors (Lipinski definition) is 3. The van der Waals surface area contributed by atoms with E-state index in [9.17, 15) is 0 Å². The predicted molar refractivity (Wildman–Crippen MR) is 129 cm³/mol. The standard InChI is InChI=1S/2C7H15NO.C6H10N2.C4H10O/c2*1-6(2)8-4-3-7(9)5-8;1-6(2)8-4-3-7-5-8;1-4(2)3-5/h2*6-7,9H,3-5H2,1-2H3;3-6H,1-2H3;4-5H,3H2,1-2H3/t2*7-;;/m10../s1. The number of hydrogen-bond acceptors (Lipinski definition) is 6. The number of likely N-dealkylation sites (tertiary alicyclic amines) is 2. The van der Waals surface area contributed by atoms with Crippen LogP contribution in [0.2, 0.25) is 0 Å². The summed E-state index contributed by atoms with van der Waals surface area (Å²) in [5.74, 6) is 0.440. The number of aromatic nitrogens is 2. The van der Waals surface area contributed by atoms with Gasteiger partial charge in [0.25, 0.3) is 0 Å². The molecule has 3 rings (SSSR count). The summed E-state index contributed by atoms with van der Waals surface area (Å²) in [4.78, 5) is 8.50. The molecular weight excluding hydrogens is 392 g/mol. The molecule has 7 heteroatoms. The smallest absolute Gasteiger partial charge is 0.0948 e. The van der Waals surface area contributed by atoms with Gasteiger partial charge in [-0.05, 0) is 60.3 Å². The van der Waals surface area contributed by atoms with Gasteiger partial charge in [0.05, 0.1) is 18.5 Å². The van der Waals surface area contributed by atoms with E-state index in [1.807, 2.05) is 26.4 Å². The number of aliphatic hydroxyl groups excluding tert-OH is 3. The molecule has 0 unspecified atom stereocenters. The van der Waals surface area contributed by atoms with E-state index in [2.05, 4.69) is 60.9 Å². The minimum absolute atomic E-state index is 0.0626. The van der Waals surface area contributed by atoms with Crippen molar-refractivity contribution in [2.24, 2.45) is 5.92 Å². The molecule has 0 radical (unpaired) electrons. The Bertz CT molecular complexity index is 497. The third-order valence-corrected chi connectivity index (χ3v) is 5.34. The lowest BCUT2D eigenvalue weighted by atomic mass is 10.2. The first kappa shape index (κ1) is 30.0. The predicted octanol–water partition coefficient (Wildman–Crippen LogP) is 3.02. The molecule has 1 aromatic rings. The molecule has 184 valence electrons. The lowest BCUT2D eigenvalue weighted by Gasteiger charge is -2.18. The largest absolute Gasteiger partial charge is 0.396 e.